The fourth-order valence-electron chi connectivity index (χ4n) is 3.64. The molecule has 1 aliphatic carbocycles. The topological polar surface area (TPSA) is 68.0 Å². The van der Waals surface area contributed by atoms with Crippen molar-refractivity contribution in [3.63, 3.8) is 0 Å². The zero-order valence-corrected chi connectivity index (χ0v) is 17.6. The lowest BCUT2D eigenvalue weighted by Crippen LogP contribution is -2.36. The molecule has 3 N–H and O–H groups in total. The van der Waals surface area contributed by atoms with Gasteiger partial charge in [-0.2, -0.15) is 0 Å². The number of aromatic nitrogens is 1. The van der Waals surface area contributed by atoms with Gasteiger partial charge in [-0.3, -0.25) is 9.78 Å². The summed E-state index contributed by atoms with van der Waals surface area (Å²) in [5.74, 6) is -0.266. The first-order valence-corrected chi connectivity index (χ1v) is 10.5. The SMILES string of the molecule is CCCc1cc(N)c2cc(NC(=O)C3(Cl)C=CC(c4ccccc4)=CC3)ccc2n1. The van der Waals surface area contributed by atoms with Gasteiger partial charge in [0.1, 0.15) is 4.87 Å². The lowest BCUT2D eigenvalue weighted by molar-refractivity contribution is -0.117. The highest BCUT2D eigenvalue weighted by Gasteiger charge is 2.34. The number of nitrogens with two attached hydrogens (primary N) is 1. The molecule has 1 aliphatic rings. The number of nitrogens with zero attached hydrogens (tertiary/aromatic N) is 1. The molecule has 30 heavy (non-hydrogen) atoms. The molecular formula is C25H24ClN3O. The van der Waals surface area contributed by atoms with Crippen LogP contribution in [0.3, 0.4) is 0 Å². The summed E-state index contributed by atoms with van der Waals surface area (Å²) in [7, 11) is 0. The standard InChI is InChI=1S/C25H24ClN3O/c1-2-6-19-16-22(27)21-15-20(9-10-23(21)28-19)29-24(30)25(26)13-11-18(12-14-25)17-7-4-3-5-8-17/h3-5,7-13,15-16H,2,6,14H2,1H3,(H2,27,28)(H,29,30). The maximum absolute atomic E-state index is 12.9. The molecule has 0 aliphatic heterocycles. The number of alkyl halides is 1. The molecule has 0 bridgehead atoms. The lowest BCUT2D eigenvalue weighted by atomic mass is 9.91. The number of fused-ring (bicyclic) bond motifs is 1. The number of anilines is 2. The number of carbonyl (C=O) groups is 1. The highest BCUT2D eigenvalue weighted by Crippen LogP contribution is 2.33. The summed E-state index contributed by atoms with van der Waals surface area (Å²) in [6.45, 7) is 2.11. The van der Waals surface area contributed by atoms with E-state index in [0.717, 1.165) is 40.6 Å². The molecule has 0 radical (unpaired) electrons. The summed E-state index contributed by atoms with van der Waals surface area (Å²) in [4.78, 5) is 16.4. The Morgan fingerprint density at radius 2 is 2.00 bits per heavy atom. The second-order valence-electron chi connectivity index (χ2n) is 7.56. The number of nitrogens with one attached hydrogen (secondary N) is 1. The van der Waals surface area contributed by atoms with Gasteiger partial charge in [0.05, 0.1) is 5.52 Å². The highest BCUT2D eigenvalue weighted by atomic mass is 35.5. The van der Waals surface area contributed by atoms with E-state index in [1.165, 1.54) is 0 Å². The summed E-state index contributed by atoms with van der Waals surface area (Å²) in [6.07, 6.45) is 7.98. The van der Waals surface area contributed by atoms with Crippen LogP contribution in [0, 0.1) is 0 Å². The van der Waals surface area contributed by atoms with Gasteiger partial charge in [0.25, 0.3) is 0 Å². The zero-order chi connectivity index (χ0) is 21.1. The van der Waals surface area contributed by atoms with Crippen LogP contribution in [0.2, 0.25) is 0 Å². The summed E-state index contributed by atoms with van der Waals surface area (Å²) in [5, 5.41) is 3.75. The van der Waals surface area contributed by atoms with Gasteiger partial charge >= 0.3 is 0 Å². The molecular weight excluding hydrogens is 394 g/mol. The molecule has 0 spiro atoms. The van der Waals surface area contributed by atoms with Crippen LogP contribution in [-0.4, -0.2) is 15.8 Å². The van der Waals surface area contributed by atoms with Crippen molar-refractivity contribution < 1.29 is 4.79 Å². The van der Waals surface area contributed by atoms with Crippen molar-refractivity contribution in [2.45, 2.75) is 31.1 Å². The average molecular weight is 418 g/mol. The van der Waals surface area contributed by atoms with E-state index in [1.54, 1.807) is 6.08 Å². The van der Waals surface area contributed by atoms with Crippen molar-refractivity contribution >= 4 is 45.4 Å². The van der Waals surface area contributed by atoms with Gasteiger partial charge in [-0.05, 0) is 48.2 Å². The maximum Gasteiger partial charge on any atom is 0.249 e. The molecule has 1 heterocycles. The van der Waals surface area contributed by atoms with E-state index in [0.29, 0.717) is 17.8 Å². The van der Waals surface area contributed by atoms with Crippen LogP contribution in [0.1, 0.15) is 31.0 Å². The van der Waals surface area contributed by atoms with Crippen LogP contribution in [0.25, 0.3) is 16.5 Å². The Hall–Kier alpha value is -3.11. The van der Waals surface area contributed by atoms with Gasteiger partial charge in [0.15, 0.2) is 0 Å². The van der Waals surface area contributed by atoms with E-state index < -0.39 is 4.87 Å². The highest BCUT2D eigenvalue weighted by molar-refractivity contribution is 6.38. The van der Waals surface area contributed by atoms with Crippen molar-refractivity contribution in [3.05, 3.63) is 84.1 Å². The van der Waals surface area contributed by atoms with Gasteiger partial charge < -0.3 is 11.1 Å². The van der Waals surface area contributed by atoms with Crippen LogP contribution < -0.4 is 11.1 Å². The van der Waals surface area contributed by atoms with Crippen molar-refractivity contribution in [2.75, 3.05) is 11.1 Å². The molecule has 5 heteroatoms. The summed E-state index contributed by atoms with van der Waals surface area (Å²) >= 11 is 6.65. The smallest absolute Gasteiger partial charge is 0.249 e. The lowest BCUT2D eigenvalue weighted by Gasteiger charge is -2.24. The number of nitrogen functional groups attached to an aromatic ring is 1. The Balaban J connectivity index is 1.52. The third-order valence-corrected chi connectivity index (χ3v) is 5.74. The predicted molar refractivity (Wildman–Crippen MR) is 126 cm³/mol. The normalized spacial score (nSPS) is 18.3. The van der Waals surface area contributed by atoms with Crippen LogP contribution in [0.4, 0.5) is 11.4 Å². The molecule has 4 nitrogen and oxygen atoms in total. The minimum absolute atomic E-state index is 0.266. The van der Waals surface area contributed by atoms with E-state index in [-0.39, 0.29) is 5.91 Å². The van der Waals surface area contributed by atoms with E-state index in [2.05, 4.69) is 17.2 Å². The monoisotopic (exact) mass is 417 g/mol. The number of amides is 1. The first-order chi connectivity index (χ1) is 14.5. The fourth-order valence-corrected chi connectivity index (χ4v) is 3.82. The number of carbonyl (C=O) groups excluding carboxylic acids is 1. The molecule has 1 amide bonds. The Morgan fingerprint density at radius 3 is 2.70 bits per heavy atom. The number of rotatable bonds is 5. The predicted octanol–water partition coefficient (Wildman–Crippen LogP) is 5.73. The van der Waals surface area contributed by atoms with Gasteiger partial charge in [-0.25, -0.2) is 0 Å². The minimum Gasteiger partial charge on any atom is -0.398 e. The van der Waals surface area contributed by atoms with E-state index in [4.69, 9.17) is 17.3 Å². The Labute approximate surface area is 181 Å². The molecule has 0 saturated carbocycles. The third-order valence-electron chi connectivity index (χ3n) is 5.29. The summed E-state index contributed by atoms with van der Waals surface area (Å²) in [5.41, 5.74) is 11.5. The number of allylic oxidation sites excluding steroid dienone is 3. The number of pyridine rings is 1. The van der Waals surface area contributed by atoms with E-state index in [1.807, 2.05) is 66.7 Å². The first kappa shape index (κ1) is 20.2. The molecule has 0 saturated heterocycles. The Bertz CT molecular complexity index is 1150. The second-order valence-corrected chi connectivity index (χ2v) is 8.24. The van der Waals surface area contributed by atoms with Crippen LogP contribution in [0.5, 0.6) is 0 Å². The quantitative estimate of drug-likeness (QED) is 0.521. The number of hydrogen-bond donors (Lipinski definition) is 2. The van der Waals surface area contributed by atoms with Crippen LogP contribution in [0.15, 0.2) is 72.8 Å². The number of benzene rings is 2. The third kappa shape index (κ3) is 4.10. The van der Waals surface area contributed by atoms with Gasteiger partial charge in [-0.1, -0.05) is 61.9 Å². The molecule has 1 unspecified atom stereocenters. The van der Waals surface area contributed by atoms with E-state index >= 15 is 0 Å². The van der Waals surface area contributed by atoms with Gasteiger partial charge in [0, 0.05) is 22.5 Å². The van der Waals surface area contributed by atoms with Crippen molar-refractivity contribution in [2.24, 2.45) is 0 Å². The van der Waals surface area contributed by atoms with E-state index in [9.17, 15) is 4.79 Å². The first-order valence-electron chi connectivity index (χ1n) is 10.1. The molecule has 1 atom stereocenters. The maximum atomic E-state index is 12.9. The van der Waals surface area contributed by atoms with Gasteiger partial charge in [-0.15, -0.1) is 11.6 Å². The fraction of sp³-hybridized carbons (Fsp3) is 0.200. The van der Waals surface area contributed by atoms with Crippen molar-refractivity contribution in [3.8, 4) is 0 Å². The molecule has 0 fully saturated rings. The molecule has 152 valence electrons. The minimum atomic E-state index is -1.12. The zero-order valence-electron chi connectivity index (χ0n) is 16.9. The molecule has 4 rings (SSSR count). The average Bonchev–Trinajstić information content (AvgIpc) is 2.75. The Morgan fingerprint density at radius 1 is 1.20 bits per heavy atom. The second kappa shape index (κ2) is 8.33. The summed E-state index contributed by atoms with van der Waals surface area (Å²) in [6, 6.07) is 17.5. The molecule has 2 aromatic carbocycles. The van der Waals surface area contributed by atoms with Crippen molar-refractivity contribution in [1.29, 1.82) is 0 Å². The largest absolute Gasteiger partial charge is 0.398 e. The summed E-state index contributed by atoms with van der Waals surface area (Å²) < 4.78 is 0. The van der Waals surface area contributed by atoms with Crippen LogP contribution in [-0.2, 0) is 11.2 Å². The number of aryl methyl sites for hydroxylation is 1. The van der Waals surface area contributed by atoms with Gasteiger partial charge in [0.2, 0.25) is 5.91 Å². The van der Waals surface area contributed by atoms with Crippen molar-refractivity contribution in [1.82, 2.24) is 4.98 Å². The molecule has 3 aromatic rings. The number of halogens is 1. The number of hydrogen-bond acceptors (Lipinski definition) is 3. The Kier molecular flexibility index (Phi) is 5.60. The molecule has 1 aromatic heterocycles. The van der Waals surface area contributed by atoms with Crippen LogP contribution >= 0.6 is 11.6 Å².